The third-order valence-corrected chi connectivity index (χ3v) is 3.05. The maximum absolute atomic E-state index is 11.8. The summed E-state index contributed by atoms with van der Waals surface area (Å²) in [6.45, 7) is 0.154. The number of aliphatic carboxylic acids is 1. The Morgan fingerprint density at radius 1 is 1.53 bits per heavy atom. The third-order valence-electron chi connectivity index (χ3n) is 2.61. The number of nitrogens with one attached hydrogen (secondary N) is 1. The predicted octanol–water partition coefficient (Wildman–Crippen LogP) is 1.79. The Labute approximate surface area is 107 Å². The van der Waals surface area contributed by atoms with Crippen LogP contribution >= 0.6 is 15.9 Å². The highest BCUT2D eigenvalue weighted by molar-refractivity contribution is 9.10. The molecule has 0 unspecified atom stereocenters. The molecule has 5 nitrogen and oxygen atoms in total. The Hall–Kier alpha value is -1.30. The average molecular weight is 301 g/mol. The summed E-state index contributed by atoms with van der Waals surface area (Å²) in [4.78, 5) is 22.2. The van der Waals surface area contributed by atoms with Gasteiger partial charge in [0.2, 0.25) is 0 Å². The Kier molecular flexibility index (Phi) is 3.51. The third kappa shape index (κ3) is 3.09. The van der Waals surface area contributed by atoms with Crippen LogP contribution < -0.4 is 5.32 Å². The molecule has 0 bridgehead atoms. The molecule has 6 heteroatoms. The van der Waals surface area contributed by atoms with E-state index in [0.717, 1.165) is 17.3 Å². The van der Waals surface area contributed by atoms with Crippen molar-refractivity contribution in [2.45, 2.75) is 25.3 Å². The van der Waals surface area contributed by atoms with E-state index in [-0.39, 0.29) is 18.9 Å². The van der Waals surface area contributed by atoms with Crippen LogP contribution in [0, 0.1) is 0 Å². The smallest absolute Gasteiger partial charge is 0.305 e. The van der Waals surface area contributed by atoms with Gasteiger partial charge in [-0.05, 0) is 34.8 Å². The topological polar surface area (TPSA) is 71.3 Å². The van der Waals surface area contributed by atoms with Gasteiger partial charge in [0.25, 0.3) is 5.91 Å². The molecule has 1 aromatic heterocycles. The molecule has 1 aromatic rings. The maximum atomic E-state index is 11.8. The standard InChI is InChI=1S/C11H13BrN2O3/c12-7-5-9(14(6-7)8-1-2-8)11(17)13-4-3-10(15)16/h5-6,8H,1-4H2,(H,13,17)(H,15,16). The summed E-state index contributed by atoms with van der Waals surface area (Å²) in [5, 5.41) is 11.1. The van der Waals surface area contributed by atoms with Crippen LogP contribution in [0.15, 0.2) is 16.7 Å². The molecular weight excluding hydrogens is 288 g/mol. The lowest BCUT2D eigenvalue weighted by Gasteiger charge is -2.07. The van der Waals surface area contributed by atoms with Gasteiger partial charge in [-0.3, -0.25) is 9.59 Å². The van der Waals surface area contributed by atoms with Crippen LogP contribution in [0.3, 0.4) is 0 Å². The fraction of sp³-hybridized carbons (Fsp3) is 0.455. The van der Waals surface area contributed by atoms with Crippen molar-refractivity contribution in [2.24, 2.45) is 0 Å². The van der Waals surface area contributed by atoms with Gasteiger partial charge >= 0.3 is 5.97 Å². The van der Waals surface area contributed by atoms with Gasteiger partial charge in [0, 0.05) is 23.3 Å². The molecule has 92 valence electrons. The Balaban J connectivity index is 2.00. The zero-order valence-corrected chi connectivity index (χ0v) is 10.7. The normalized spacial score (nSPS) is 14.6. The summed E-state index contributed by atoms with van der Waals surface area (Å²) in [7, 11) is 0. The molecule has 0 aliphatic heterocycles. The van der Waals surface area contributed by atoms with Crippen molar-refractivity contribution in [1.29, 1.82) is 0 Å². The van der Waals surface area contributed by atoms with Crippen molar-refractivity contribution in [3.8, 4) is 0 Å². The van der Waals surface area contributed by atoms with Crippen LogP contribution in [0.25, 0.3) is 0 Å². The van der Waals surface area contributed by atoms with E-state index < -0.39 is 5.97 Å². The first-order chi connectivity index (χ1) is 8.08. The van der Waals surface area contributed by atoms with Crippen molar-refractivity contribution < 1.29 is 14.7 Å². The minimum absolute atomic E-state index is 0.0585. The Morgan fingerprint density at radius 3 is 2.82 bits per heavy atom. The van der Waals surface area contributed by atoms with Gasteiger partial charge in [0.05, 0.1) is 6.42 Å². The van der Waals surface area contributed by atoms with Crippen LogP contribution in [0.5, 0.6) is 0 Å². The number of hydrogen-bond acceptors (Lipinski definition) is 2. The van der Waals surface area contributed by atoms with Gasteiger partial charge in [-0.2, -0.15) is 0 Å². The quantitative estimate of drug-likeness (QED) is 0.871. The zero-order valence-electron chi connectivity index (χ0n) is 9.15. The largest absolute Gasteiger partial charge is 0.481 e. The van der Waals surface area contributed by atoms with Crippen molar-refractivity contribution in [2.75, 3.05) is 6.54 Å². The number of rotatable bonds is 5. The molecule has 1 aliphatic carbocycles. The van der Waals surface area contributed by atoms with Gasteiger partial charge in [-0.25, -0.2) is 0 Å². The van der Waals surface area contributed by atoms with E-state index in [9.17, 15) is 9.59 Å². The number of halogens is 1. The second-order valence-corrected chi connectivity index (χ2v) is 5.00. The summed E-state index contributed by atoms with van der Waals surface area (Å²) < 4.78 is 2.81. The zero-order chi connectivity index (χ0) is 12.4. The molecule has 2 rings (SSSR count). The van der Waals surface area contributed by atoms with Crippen molar-refractivity contribution in [3.63, 3.8) is 0 Å². The number of nitrogens with zero attached hydrogens (tertiary/aromatic N) is 1. The van der Waals surface area contributed by atoms with Crippen molar-refractivity contribution in [3.05, 3.63) is 22.4 Å². The summed E-state index contributed by atoms with van der Waals surface area (Å²) in [6, 6.07) is 2.18. The molecule has 17 heavy (non-hydrogen) atoms. The highest BCUT2D eigenvalue weighted by Gasteiger charge is 2.27. The number of carbonyl (C=O) groups excluding carboxylic acids is 1. The minimum Gasteiger partial charge on any atom is -0.481 e. The van der Waals surface area contributed by atoms with E-state index >= 15 is 0 Å². The number of carbonyl (C=O) groups is 2. The average Bonchev–Trinajstić information content (AvgIpc) is 3.01. The Bertz CT molecular complexity index is 452. The van der Waals surface area contributed by atoms with E-state index in [0.29, 0.717) is 11.7 Å². The number of hydrogen-bond donors (Lipinski definition) is 2. The molecule has 0 saturated heterocycles. The first kappa shape index (κ1) is 12.2. The van der Waals surface area contributed by atoms with Gasteiger partial charge in [-0.1, -0.05) is 0 Å². The SMILES string of the molecule is O=C(O)CCNC(=O)c1cc(Br)cn1C1CC1. The van der Waals surface area contributed by atoms with Gasteiger partial charge < -0.3 is 15.0 Å². The van der Waals surface area contributed by atoms with Crippen molar-refractivity contribution in [1.82, 2.24) is 9.88 Å². The molecule has 2 N–H and O–H groups in total. The molecule has 1 heterocycles. The fourth-order valence-corrected chi connectivity index (χ4v) is 2.09. The van der Waals surface area contributed by atoms with E-state index in [1.807, 2.05) is 10.8 Å². The summed E-state index contributed by atoms with van der Waals surface area (Å²) in [6.07, 6.45) is 4.02. The number of aromatic nitrogens is 1. The van der Waals surface area contributed by atoms with Crippen LogP contribution in [0.4, 0.5) is 0 Å². The summed E-state index contributed by atoms with van der Waals surface area (Å²) in [5.41, 5.74) is 0.588. The second kappa shape index (κ2) is 4.91. The molecule has 1 aliphatic rings. The van der Waals surface area contributed by atoms with Gasteiger partial charge in [0.15, 0.2) is 0 Å². The number of carboxylic acid groups (broad SMARTS) is 1. The minimum atomic E-state index is -0.913. The second-order valence-electron chi connectivity index (χ2n) is 4.08. The van der Waals surface area contributed by atoms with Crippen molar-refractivity contribution >= 4 is 27.8 Å². The highest BCUT2D eigenvalue weighted by Crippen LogP contribution is 2.37. The maximum Gasteiger partial charge on any atom is 0.305 e. The molecular formula is C11H13BrN2O3. The van der Waals surface area contributed by atoms with Gasteiger partial charge in [-0.15, -0.1) is 0 Å². The van der Waals surface area contributed by atoms with E-state index in [2.05, 4.69) is 21.2 Å². The molecule has 0 atom stereocenters. The fourth-order valence-electron chi connectivity index (χ4n) is 1.66. The van der Waals surface area contributed by atoms with E-state index in [1.165, 1.54) is 0 Å². The first-order valence-corrected chi connectivity index (χ1v) is 6.24. The van der Waals surface area contributed by atoms with Gasteiger partial charge in [0.1, 0.15) is 5.69 Å². The molecule has 1 saturated carbocycles. The highest BCUT2D eigenvalue weighted by atomic mass is 79.9. The molecule has 0 radical (unpaired) electrons. The lowest BCUT2D eigenvalue weighted by molar-refractivity contribution is -0.136. The molecule has 1 amide bonds. The molecule has 0 spiro atoms. The number of carboxylic acids is 1. The van der Waals surface area contributed by atoms with E-state index in [4.69, 9.17) is 5.11 Å². The lowest BCUT2D eigenvalue weighted by atomic mass is 10.3. The van der Waals surface area contributed by atoms with Crippen LogP contribution in [0.2, 0.25) is 0 Å². The van der Waals surface area contributed by atoms with E-state index in [1.54, 1.807) is 6.07 Å². The van der Waals surface area contributed by atoms with Crippen LogP contribution in [-0.2, 0) is 4.79 Å². The lowest BCUT2D eigenvalue weighted by Crippen LogP contribution is -2.27. The summed E-state index contributed by atoms with van der Waals surface area (Å²) in [5.74, 6) is -1.13. The van der Waals surface area contributed by atoms with Crippen LogP contribution in [0.1, 0.15) is 35.8 Å². The first-order valence-electron chi connectivity index (χ1n) is 5.45. The summed E-state index contributed by atoms with van der Waals surface area (Å²) >= 11 is 3.34. The molecule has 0 aromatic carbocycles. The monoisotopic (exact) mass is 300 g/mol. The predicted molar refractivity (Wildman–Crippen MR) is 65.0 cm³/mol. The molecule has 1 fully saturated rings. The number of amides is 1. The Morgan fingerprint density at radius 2 is 2.24 bits per heavy atom. The van der Waals surface area contributed by atoms with Crippen LogP contribution in [-0.4, -0.2) is 28.1 Å².